The van der Waals surface area contributed by atoms with Crippen LogP contribution in [0.1, 0.15) is 30.0 Å². The van der Waals surface area contributed by atoms with Crippen molar-refractivity contribution in [3.05, 3.63) is 65.2 Å². The van der Waals surface area contributed by atoms with Crippen molar-refractivity contribution < 1.29 is 9.59 Å². The summed E-state index contributed by atoms with van der Waals surface area (Å²) < 4.78 is 0. The molecule has 0 aliphatic rings. The number of hydrogen-bond donors (Lipinski definition) is 1. The van der Waals surface area contributed by atoms with E-state index in [4.69, 9.17) is 0 Å². The Balaban J connectivity index is 1.94. The van der Waals surface area contributed by atoms with Crippen LogP contribution in [0.4, 0.5) is 5.69 Å². The maximum Gasteiger partial charge on any atom is 0.226 e. The number of anilines is 1. The van der Waals surface area contributed by atoms with Gasteiger partial charge in [0.2, 0.25) is 11.8 Å². The second-order valence-electron chi connectivity index (χ2n) is 5.99. The molecular formula is C20H24N2O2. The van der Waals surface area contributed by atoms with Crippen LogP contribution < -0.4 is 5.32 Å². The molecule has 0 fully saturated rings. The summed E-state index contributed by atoms with van der Waals surface area (Å²) in [6.07, 6.45) is 0.278. The molecule has 2 aromatic rings. The highest BCUT2D eigenvalue weighted by molar-refractivity contribution is 5.92. The predicted molar refractivity (Wildman–Crippen MR) is 96.7 cm³/mol. The first kappa shape index (κ1) is 17.7. The third-order valence-electron chi connectivity index (χ3n) is 4.02. The average Bonchev–Trinajstić information content (AvgIpc) is 2.55. The highest BCUT2D eigenvalue weighted by atomic mass is 16.2. The highest BCUT2D eigenvalue weighted by Gasteiger charge is 2.13. The molecule has 0 aliphatic carbocycles. The van der Waals surface area contributed by atoms with Gasteiger partial charge in [0.05, 0.1) is 0 Å². The van der Waals surface area contributed by atoms with E-state index in [1.807, 2.05) is 62.4 Å². The third-order valence-corrected chi connectivity index (χ3v) is 4.02. The molecule has 0 aromatic heterocycles. The molecule has 24 heavy (non-hydrogen) atoms. The third kappa shape index (κ3) is 4.95. The molecule has 0 saturated heterocycles. The Hall–Kier alpha value is -2.62. The van der Waals surface area contributed by atoms with E-state index in [0.717, 1.165) is 22.4 Å². The maximum atomic E-state index is 12.2. The van der Waals surface area contributed by atoms with Gasteiger partial charge in [-0.05, 0) is 30.5 Å². The van der Waals surface area contributed by atoms with E-state index >= 15 is 0 Å². The van der Waals surface area contributed by atoms with E-state index < -0.39 is 0 Å². The molecule has 0 heterocycles. The topological polar surface area (TPSA) is 49.4 Å². The van der Waals surface area contributed by atoms with Gasteiger partial charge in [0.1, 0.15) is 0 Å². The van der Waals surface area contributed by atoms with Crippen LogP contribution in [0, 0.1) is 13.8 Å². The smallest absolute Gasteiger partial charge is 0.226 e. The molecule has 0 unspecified atom stereocenters. The molecule has 2 aromatic carbocycles. The minimum absolute atomic E-state index is 0.0290. The summed E-state index contributed by atoms with van der Waals surface area (Å²) in [6.45, 7) is 6.40. The number of amides is 2. The fourth-order valence-electron chi connectivity index (χ4n) is 2.60. The number of nitrogens with zero attached hydrogens (tertiary/aromatic N) is 1. The Kier molecular flexibility index (Phi) is 6.13. The van der Waals surface area contributed by atoms with Crippen LogP contribution in [0.15, 0.2) is 48.5 Å². The van der Waals surface area contributed by atoms with Gasteiger partial charge < -0.3 is 10.2 Å². The molecule has 4 heteroatoms. The lowest BCUT2D eigenvalue weighted by molar-refractivity contribution is -0.129. The van der Waals surface area contributed by atoms with Gasteiger partial charge in [-0.15, -0.1) is 0 Å². The van der Waals surface area contributed by atoms with Crippen molar-refractivity contribution in [2.75, 3.05) is 11.9 Å². The van der Waals surface area contributed by atoms with E-state index in [-0.39, 0.29) is 18.2 Å². The van der Waals surface area contributed by atoms with E-state index in [1.165, 1.54) is 6.92 Å². The predicted octanol–water partition coefficient (Wildman–Crippen LogP) is 3.68. The summed E-state index contributed by atoms with van der Waals surface area (Å²) in [6, 6.07) is 15.7. The Morgan fingerprint density at radius 1 is 0.958 bits per heavy atom. The van der Waals surface area contributed by atoms with Gasteiger partial charge in [0.15, 0.2) is 0 Å². The first-order valence-electron chi connectivity index (χ1n) is 8.13. The number of nitrogens with one attached hydrogen (secondary N) is 1. The number of rotatable bonds is 6. The van der Waals surface area contributed by atoms with Crippen molar-refractivity contribution in [3.63, 3.8) is 0 Å². The van der Waals surface area contributed by atoms with Crippen molar-refractivity contribution in [2.24, 2.45) is 0 Å². The average molecular weight is 324 g/mol. The first-order chi connectivity index (χ1) is 11.5. The van der Waals surface area contributed by atoms with E-state index in [9.17, 15) is 9.59 Å². The van der Waals surface area contributed by atoms with E-state index in [2.05, 4.69) is 5.32 Å². The van der Waals surface area contributed by atoms with Crippen molar-refractivity contribution >= 4 is 17.5 Å². The summed E-state index contributed by atoms with van der Waals surface area (Å²) >= 11 is 0. The number of aryl methyl sites for hydroxylation is 2. The lowest BCUT2D eigenvalue weighted by Crippen LogP contribution is -2.31. The molecule has 4 nitrogen and oxygen atoms in total. The van der Waals surface area contributed by atoms with E-state index in [0.29, 0.717) is 13.1 Å². The van der Waals surface area contributed by atoms with Crippen molar-refractivity contribution in [3.8, 4) is 0 Å². The lowest BCUT2D eigenvalue weighted by Gasteiger charge is -2.21. The minimum Gasteiger partial charge on any atom is -0.338 e. The molecule has 0 bridgehead atoms. The van der Waals surface area contributed by atoms with Gasteiger partial charge in [0.25, 0.3) is 0 Å². The molecule has 126 valence electrons. The SMILES string of the molecule is CC(=O)N(CCC(=O)Nc1c(C)cccc1C)Cc1ccccc1. The fraction of sp³-hybridized carbons (Fsp3) is 0.300. The maximum absolute atomic E-state index is 12.2. The Bertz CT molecular complexity index is 691. The molecule has 0 atom stereocenters. The van der Waals surface area contributed by atoms with Crippen LogP contribution in [0.5, 0.6) is 0 Å². The zero-order valence-corrected chi connectivity index (χ0v) is 14.5. The van der Waals surface area contributed by atoms with Gasteiger partial charge in [0, 0.05) is 32.1 Å². The molecular weight excluding hydrogens is 300 g/mol. The van der Waals surface area contributed by atoms with Crippen LogP contribution in [0.3, 0.4) is 0 Å². The van der Waals surface area contributed by atoms with Gasteiger partial charge in [-0.25, -0.2) is 0 Å². The number of para-hydroxylation sites is 1. The highest BCUT2D eigenvalue weighted by Crippen LogP contribution is 2.19. The Labute approximate surface area is 143 Å². The zero-order chi connectivity index (χ0) is 17.5. The minimum atomic E-state index is -0.0771. The molecule has 0 aliphatic heterocycles. The number of carbonyl (C=O) groups is 2. The molecule has 2 amide bonds. The summed E-state index contributed by atoms with van der Waals surface area (Å²) in [4.78, 5) is 25.8. The van der Waals surface area contributed by atoms with Gasteiger partial charge in [-0.3, -0.25) is 9.59 Å². The lowest BCUT2D eigenvalue weighted by atomic mass is 10.1. The largest absolute Gasteiger partial charge is 0.338 e. The van der Waals surface area contributed by atoms with Crippen molar-refractivity contribution in [1.82, 2.24) is 4.90 Å². The first-order valence-corrected chi connectivity index (χ1v) is 8.13. The van der Waals surface area contributed by atoms with Crippen LogP contribution in [0.25, 0.3) is 0 Å². The van der Waals surface area contributed by atoms with Gasteiger partial charge >= 0.3 is 0 Å². The van der Waals surface area contributed by atoms with Gasteiger partial charge in [-0.1, -0.05) is 48.5 Å². The number of benzene rings is 2. The summed E-state index contributed by atoms with van der Waals surface area (Å²) in [7, 11) is 0. The van der Waals surface area contributed by atoms with Crippen LogP contribution in [-0.2, 0) is 16.1 Å². The second-order valence-corrected chi connectivity index (χ2v) is 5.99. The van der Waals surface area contributed by atoms with Crippen molar-refractivity contribution in [1.29, 1.82) is 0 Å². The van der Waals surface area contributed by atoms with Crippen molar-refractivity contribution in [2.45, 2.75) is 33.7 Å². The van der Waals surface area contributed by atoms with E-state index in [1.54, 1.807) is 4.90 Å². The molecule has 0 radical (unpaired) electrons. The fourth-order valence-corrected chi connectivity index (χ4v) is 2.60. The second kappa shape index (κ2) is 8.29. The van der Waals surface area contributed by atoms with Crippen LogP contribution in [-0.4, -0.2) is 23.3 Å². The molecule has 0 saturated carbocycles. The monoisotopic (exact) mass is 324 g/mol. The quantitative estimate of drug-likeness (QED) is 0.881. The van der Waals surface area contributed by atoms with Crippen LogP contribution in [0.2, 0.25) is 0 Å². The number of carbonyl (C=O) groups excluding carboxylic acids is 2. The Morgan fingerprint density at radius 3 is 2.17 bits per heavy atom. The standard InChI is InChI=1S/C20H24N2O2/c1-15-8-7-9-16(2)20(15)21-19(24)12-13-22(17(3)23)14-18-10-5-4-6-11-18/h4-11H,12-14H2,1-3H3,(H,21,24). The molecule has 0 spiro atoms. The summed E-state index contributed by atoms with van der Waals surface area (Å²) in [5.41, 5.74) is 4.00. The zero-order valence-electron chi connectivity index (χ0n) is 14.5. The molecule has 2 rings (SSSR count). The summed E-state index contributed by atoms with van der Waals surface area (Å²) in [5.74, 6) is -0.106. The normalized spacial score (nSPS) is 10.3. The number of hydrogen-bond acceptors (Lipinski definition) is 2. The van der Waals surface area contributed by atoms with Crippen LogP contribution >= 0.6 is 0 Å². The summed E-state index contributed by atoms with van der Waals surface area (Å²) in [5, 5.41) is 2.96. The Morgan fingerprint density at radius 2 is 1.58 bits per heavy atom. The molecule has 1 N–H and O–H groups in total. The van der Waals surface area contributed by atoms with Gasteiger partial charge in [-0.2, -0.15) is 0 Å².